The van der Waals surface area contributed by atoms with Gasteiger partial charge in [0.25, 0.3) is 0 Å². The monoisotopic (exact) mass is 231 g/mol. The van der Waals surface area contributed by atoms with E-state index in [-0.39, 0.29) is 19.1 Å². The van der Waals surface area contributed by atoms with E-state index in [4.69, 9.17) is 10.2 Å². The number of hydrogen-bond donors (Lipinski definition) is 3. The molecule has 0 saturated carbocycles. The van der Waals surface area contributed by atoms with E-state index in [9.17, 15) is 4.79 Å². The van der Waals surface area contributed by atoms with Gasteiger partial charge in [0.05, 0.1) is 19.3 Å². The molecular weight excluding hydrogens is 206 g/mol. The van der Waals surface area contributed by atoms with Gasteiger partial charge in [-0.15, -0.1) is 0 Å². The third-order valence-corrected chi connectivity index (χ3v) is 2.56. The van der Waals surface area contributed by atoms with Crippen molar-refractivity contribution in [2.24, 2.45) is 0 Å². The van der Waals surface area contributed by atoms with Gasteiger partial charge >= 0.3 is 0 Å². The average Bonchev–Trinajstić information content (AvgIpc) is 2.30. The highest BCUT2D eigenvalue weighted by atomic mass is 16.3. The van der Waals surface area contributed by atoms with Crippen molar-refractivity contribution in [2.45, 2.75) is 57.9 Å². The molecule has 0 spiro atoms. The van der Waals surface area contributed by atoms with Crippen molar-refractivity contribution in [2.75, 3.05) is 13.2 Å². The summed E-state index contributed by atoms with van der Waals surface area (Å²) in [6.07, 6.45) is 7.38. The first kappa shape index (κ1) is 15.4. The molecule has 16 heavy (non-hydrogen) atoms. The molecule has 4 nitrogen and oxygen atoms in total. The fourth-order valence-corrected chi connectivity index (χ4v) is 1.51. The highest BCUT2D eigenvalue weighted by Crippen LogP contribution is 2.06. The van der Waals surface area contributed by atoms with Crippen molar-refractivity contribution in [3.05, 3.63) is 0 Å². The van der Waals surface area contributed by atoms with Gasteiger partial charge in [-0.1, -0.05) is 39.0 Å². The van der Waals surface area contributed by atoms with Crippen LogP contribution in [0, 0.1) is 0 Å². The quantitative estimate of drug-likeness (QED) is 0.495. The van der Waals surface area contributed by atoms with Crippen molar-refractivity contribution in [3.8, 4) is 0 Å². The zero-order valence-corrected chi connectivity index (χ0v) is 10.2. The van der Waals surface area contributed by atoms with Gasteiger partial charge in [0.15, 0.2) is 0 Å². The van der Waals surface area contributed by atoms with E-state index >= 15 is 0 Å². The Labute approximate surface area is 98.1 Å². The third kappa shape index (κ3) is 8.68. The molecule has 0 unspecified atom stereocenters. The van der Waals surface area contributed by atoms with Crippen LogP contribution in [0.3, 0.4) is 0 Å². The molecule has 0 heterocycles. The molecule has 4 heteroatoms. The molecule has 0 atom stereocenters. The van der Waals surface area contributed by atoms with Crippen molar-refractivity contribution in [1.29, 1.82) is 0 Å². The summed E-state index contributed by atoms with van der Waals surface area (Å²) in [7, 11) is 0. The Bertz CT molecular complexity index is 170. The molecule has 3 N–H and O–H groups in total. The van der Waals surface area contributed by atoms with E-state index in [0.29, 0.717) is 6.42 Å². The Balaban J connectivity index is 3.36. The fourth-order valence-electron chi connectivity index (χ4n) is 1.51. The predicted octanol–water partition coefficient (Wildman–Crippen LogP) is 1.21. The van der Waals surface area contributed by atoms with Gasteiger partial charge in [0.1, 0.15) is 0 Å². The van der Waals surface area contributed by atoms with E-state index in [1.165, 1.54) is 25.7 Å². The molecule has 0 fully saturated rings. The molecule has 0 aliphatic rings. The topological polar surface area (TPSA) is 69.6 Å². The SMILES string of the molecule is CCCCCCCCC(=O)NC(CO)CO. The van der Waals surface area contributed by atoms with E-state index in [1.807, 2.05) is 0 Å². The largest absolute Gasteiger partial charge is 0.394 e. The Morgan fingerprint density at radius 2 is 1.62 bits per heavy atom. The van der Waals surface area contributed by atoms with E-state index < -0.39 is 6.04 Å². The second kappa shape index (κ2) is 10.9. The van der Waals surface area contributed by atoms with Gasteiger partial charge in [-0.05, 0) is 6.42 Å². The van der Waals surface area contributed by atoms with Gasteiger partial charge in [0, 0.05) is 6.42 Å². The van der Waals surface area contributed by atoms with Crippen LogP contribution in [0.15, 0.2) is 0 Å². The number of rotatable bonds is 10. The van der Waals surface area contributed by atoms with Crippen LogP contribution in [0.5, 0.6) is 0 Å². The first-order valence-electron chi connectivity index (χ1n) is 6.25. The van der Waals surface area contributed by atoms with E-state index in [0.717, 1.165) is 12.8 Å². The maximum atomic E-state index is 11.3. The summed E-state index contributed by atoms with van der Waals surface area (Å²) in [6.45, 7) is 1.76. The minimum atomic E-state index is -0.507. The minimum Gasteiger partial charge on any atom is -0.394 e. The second-order valence-electron chi connectivity index (χ2n) is 4.15. The number of aliphatic hydroxyl groups is 2. The van der Waals surface area contributed by atoms with E-state index in [1.54, 1.807) is 0 Å². The summed E-state index contributed by atoms with van der Waals surface area (Å²) in [4.78, 5) is 11.3. The van der Waals surface area contributed by atoms with Crippen LogP contribution in [-0.4, -0.2) is 35.4 Å². The summed E-state index contributed by atoms with van der Waals surface area (Å²) in [6, 6.07) is -0.507. The van der Waals surface area contributed by atoms with Crippen molar-refractivity contribution in [1.82, 2.24) is 5.32 Å². The van der Waals surface area contributed by atoms with Gasteiger partial charge < -0.3 is 15.5 Å². The van der Waals surface area contributed by atoms with Gasteiger partial charge in [-0.2, -0.15) is 0 Å². The summed E-state index contributed by atoms with van der Waals surface area (Å²) in [5, 5.41) is 20.1. The summed E-state index contributed by atoms with van der Waals surface area (Å²) in [5.74, 6) is -0.0800. The maximum absolute atomic E-state index is 11.3. The zero-order chi connectivity index (χ0) is 12.2. The second-order valence-corrected chi connectivity index (χ2v) is 4.15. The minimum absolute atomic E-state index is 0.0800. The van der Waals surface area contributed by atoms with Crippen LogP contribution < -0.4 is 5.32 Å². The Hall–Kier alpha value is -0.610. The lowest BCUT2D eigenvalue weighted by atomic mass is 10.1. The molecule has 0 rings (SSSR count). The molecule has 0 aromatic heterocycles. The molecular formula is C12H25NO3. The predicted molar refractivity (Wildman–Crippen MR) is 64.1 cm³/mol. The number of hydrogen-bond acceptors (Lipinski definition) is 3. The van der Waals surface area contributed by atoms with Crippen LogP contribution in [0.1, 0.15) is 51.9 Å². The summed E-state index contributed by atoms with van der Waals surface area (Å²) >= 11 is 0. The zero-order valence-electron chi connectivity index (χ0n) is 10.2. The number of carbonyl (C=O) groups excluding carboxylic acids is 1. The number of carbonyl (C=O) groups is 1. The number of nitrogens with one attached hydrogen (secondary N) is 1. The standard InChI is InChI=1S/C12H25NO3/c1-2-3-4-5-6-7-8-12(16)13-11(9-14)10-15/h11,14-15H,2-10H2,1H3,(H,13,16). The Kier molecular flexibility index (Phi) is 10.5. The fraction of sp³-hybridized carbons (Fsp3) is 0.917. The van der Waals surface area contributed by atoms with Crippen LogP contribution >= 0.6 is 0 Å². The molecule has 0 saturated heterocycles. The first-order valence-corrected chi connectivity index (χ1v) is 6.25. The number of aliphatic hydroxyl groups excluding tert-OH is 2. The Morgan fingerprint density at radius 3 is 2.19 bits per heavy atom. The molecule has 0 aromatic rings. The third-order valence-electron chi connectivity index (χ3n) is 2.56. The van der Waals surface area contributed by atoms with Crippen LogP contribution in [0.2, 0.25) is 0 Å². The number of unbranched alkanes of at least 4 members (excludes halogenated alkanes) is 5. The lowest BCUT2D eigenvalue weighted by Crippen LogP contribution is -2.39. The van der Waals surface area contributed by atoms with Crippen molar-refractivity contribution >= 4 is 5.91 Å². The number of amides is 1. The summed E-state index contributed by atoms with van der Waals surface area (Å²) in [5.41, 5.74) is 0. The van der Waals surface area contributed by atoms with Crippen LogP contribution in [0.4, 0.5) is 0 Å². The molecule has 1 amide bonds. The van der Waals surface area contributed by atoms with Gasteiger partial charge in [0.2, 0.25) is 5.91 Å². The lowest BCUT2D eigenvalue weighted by molar-refractivity contribution is -0.122. The average molecular weight is 231 g/mol. The molecule has 0 aliphatic carbocycles. The normalized spacial score (nSPS) is 10.8. The lowest BCUT2D eigenvalue weighted by Gasteiger charge is -2.12. The molecule has 96 valence electrons. The maximum Gasteiger partial charge on any atom is 0.220 e. The van der Waals surface area contributed by atoms with E-state index in [2.05, 4.69) is 12.2 Å². The summed E-state index contributed by atoms with van der Waals surface area (Å²) < 4.78 is 0. The van der Waals surface area contributed by atoms with Crippen LogP contribution in [0.25, 0.3) is 0 Å². The van der Waals surface area contributed by atoms with Crippen molar-refractivity contribution in [3.63, 3.8) is 0 Å². The first-order chi connectivity index (χ1) is 7.74. The molecule has 0 bridgehead atoms. The van der Waals surface area contributed by atoms with Crippen LogP contribution in [-0.2, 0) is 4.79 Å². The molecule has 0 radical (unpaired) electrons. The van der Waals surface area contributed by atoms with Gasteiger partial charge in [-0.25, -0.2) is 0 Å². The highest BCUT2D eigenvalue weighted by molar-refractivity contribution is 5.76. The van der Waals surface area contributed by atoms with Crippen molar-refractivity contribution < 1.29 is 15.0 Å². The van der Waals surface area contributed by atoms with Gasteiger partial charge in [-0.3, -0.25) is 4.79 Å². The smallest absolute Gasteiger partial charge is 0.220 e. The Morgan fingerprint density at radius 1 is 1.06 bits per heavy atom. The molecule has 0 aromatic carbocycles. The highest BCUT2D eigenvalue weighted by Gasteiger charge is 2.08. The molecule has 0 aliphatic heterocycles.